The highest BCUT2D eigenvalue weighted by atomic mass is 32.2. The molecular weight excluding hydrogens is 354 g/mol. The van der Waals surface area contributed by atoms with E-state index in [-0.39, 0.29) is 4.90 Å². The van der Waals surface area contributed by atoms with E-state index in [4.69, 9.17) is 9.47 Å². The van der Waals surface area contributed by atoms with Crippen molar-refractivity contribution < 1.29 is 17.9 Å². The number of ether oxygens (including phenoxy) is 2. The Balaban J connectivity index is 1.87. The quantitative estimate of drug-likeness (QED) is 0.864. The molecule has 0 bridgehead atoms. The number of sulfonamides is 1. The molecule has 1 aromatic heterocycles. The van der Waals surface area contributed by atoms with Crippen molar-refractivity contribution in [3.05, 3.63) is 35.2 Å². The molecular formula is C18H25N3O4S. The molecule has 8 heteroatoms. The van der Waals surface area contributed by atoms with Gasteiger partial charge in [0.05, 0.1) is 23.8 Å². The second kappa shape index (κ2) is 7.28. The van der Waals surface area contributed by atoms with Gasteiger partial charge in [0, 0.05) is 36.3 Å². The number of aromatic nitrogens is 2. The molecule has 1 aliphatic heterocycles. The van der Waals surface area contributed by atoms with Crippen molar-refractivity contribution in [1.29, 1.82) is 0 Å². The molecule has 7 nitrogen and oxygen atoms in total. The van der Waals surface area contributed by atoms with Crippen LogP contribution in [0.1, 0.15) is 43.3 Å². The maximum absolute atomic E-state index is 12.9. The van der Waals surface area contributed by atoms with Crippen LogP contribution in [-0.4, -0.2) is 31.4 Å². The van der Waals surface area contributed by atoms with Gasteiger partial charge >= 0.3 is 0 Å². The highest BCUT2D eigenvalue weighted by molar-refractivity contribution is 7.89. The topological polar surface area (TPSA) is 82.5 Å². The van der Waals surface area contributed by atoms with Gasteiger partial charge in [0.15, 0.2) is 11.5 Å². The molecule has 0 fully saturated rings. The zero-order chi connectivity index (χ0) is 18.9. The van der Waals surface area contributed by atoms with Gasteiger partial charge in [-0.15, -0.1) is 0 Å². The number of rotatable bonds is 5. The van der Waals surface area contributed by atoms with Crippen LogP contribution in [-0.2, 0) is 16.6 Å². The molecule has 2 aromatic rings. The normalized spacial score (nSPS) is 15.5. The second-order valence-electron chi connectivity index (χ2n) is 6.40. The van der Waals surface area contributed by atoms with E-state index in [0.29, 0.717) is 24.7 Å². The van der Waals surface area contributed by atoms with Gasteiger partial charge in [-0.05, 0) is 39.8 Å². The van der Waals surface area contributed by atoms with E-state index in [9.17, 15) is 8.42 Å². The summed E-state index contributed by atoms with van der Waals surface area (Å²) < 4.78 is 41.5. The molecule has 1 aliphatic rings. The first kappa shape index (κ1) is 18.7. The van der Waals surface area contributed by atoms with Crippen LogP contribution >= 0.6 is 0 Å². The van der Waals surface area contributed by atoms with Crippen LogP contribution in [0.15, 0.2) is 23.1 Å². The van der Waals surface area contributed by atoms with Crippen LogP contribution in [0.4, 0.5) is 0 Å². The van der Waals surface area contributed by atoms with Gasteiger partial charge in [0.2, 0.25) is 10.0 Å². The number of hydrogen-bond donors (Lipinski definition) is 1. The maximum atomic E-state index is 12.9. The maximum Gasteiger partial charge on any atom is 0.241 e. The van der Waals surface area contributed by atoms with Gasteiger partial charge in [-0.1, -0.05) is 0 Å². The molecule has 142 valence electrons. The average molecular weight is 379 g/mol. The minimum atomic E-state index is -3.71. The first-order valence-electron chi connectivity index (χ1n) is 8.79. The van der Waals surface area contributed by atoms with Gasteiger partial charge in [-0.25, -0.2) is 13.1 Å². The van der Waals surface area contributed by atoms with Crippen molar-refractivity contribution in [3.8, 4) is 11.5 Å². The van der Waals surface area contributed by atoms with Crippen LogP contribution in [0.25, 0.3) is 0 Å². The minimum Gasteiger partial charge on any atom is -0.490 e. The van der Waals surface area contributed by atoms with E-state index < -0.39 is 16.1 Å². The third kappa shape index (κ3) is 3.57. The molecule has 1 unspecified atom stereocenters. The fourth-order valence-corrected chi connectivity index (χ4v) is 4.54. The van der Waals surface area contributed by atoms with Crippen molar-refractivity contribution >= 4 is 10.0 Å². The first-order chi connectivity index (χ1) is 12.3. The fraction of sp³-hybridized carbons (Fsp3) is 0.500. The van der Waals surface area contributed by atoms with E-state index in [1.54, 1.807) is 6.07 Å². The smallest absolute Gasteiger partial charge is 0.241 e. The van der Waals surface area contributed by atoms with Crippen molar-refractivity contribution in [3.63, 3.8) is 0 Å². The van der Waals surface area contributed by atoms with Gasteiger partial charge in [-0.3, -0.25) is 4.68 Å². The molecule has 0 saturated heterocycles. The molecule has 0 amide bonds. The van der Waals surface area contributed by atoms with Gasteiger partial charge in [0.25, 0.3) is 0 Å². The Labute approximate surface area is 154 Å². The van der Waals surface area contributed by atoms with Gasteiger partial charge < -0.3 is 9.47 Å². The highest BCUT2D eigenvalue weighted by Crippen LogP contribution is 2.32. The van der Waals surface area contributed by atoms with E-state index in [1.807, 2.05) is 32.4 Å². The van der Waals surface area contributed by atoms with Crippen LogP contribution in [0.2, 0.25) is 0 Å². The summed E-state index contributed by atoms with van der Waals surface area (Å²) in [7, 11) is -3.71. The lowest BCUT2D eigenvalue weighted by atomic mass is 10.1. The molecule has 0 radical (unpaired) electrons. The Kier molecular flexibility index (Phi) is 5.24. The summed E-state index contributed by atoms with van der Waals surface area (Å²) in [5, 5.41) is 4.47. The summed E-state index contributed by atoms with van der Waals surface area (Å²) >= 11 is 0. The Morgan fingerprint density at radius 1 is 1.23 bits per heavy atom. The van der Waals surface area contributed by atoms with Crippen LogP contribution in [0, 0.1) is 13.8 Å². The number of nitrogens with zero attached hydrogens (tertiary/aromatic N) is 2. The summed E-state index contributed by atoms with van der Waals surface area (Å²) in [6.07, 6.45) is 0.770. The minimum absolute atomic E-state index is 0.159. The lowest BCUT2D eigenvalue weighted by Gasteiger charge is -2.16. The molecule has 0 saturated carbocycles. The molecule has 0 aliphatic carbocycles. The summed E-state index contributed by atoms with van der Waals surface area (Å²) in [5.74, 6) is 1.04. The zero-order valence-electron chi connectivity index (χ0n) is 15.6. The molecule has 0 spiro atoms. The van der Waals surface area contributed by atoms with Crippen molar-refractivity contribution in [1.82, 2.24) is 14.5 Å². The van der Waals surface area contributed by atoms with E-state index in [0.717, 1.165) is 29.9 Å². The molecule has 2 heterocycles. The number of nitrogens with one attached hydrogen (secondary N) is 1. The Morgan fingerprint density at radius 3 is 2.58 bits per heavy atom. The van der Waals surface area contributed by atoms with Crippen LogP contribution in [0.5, 0.6) is 11.5 Å². The zero-order valence-corrected chi connectivity index (χ0v) is 16.4. The number of hydrogen-bond acceptors (Lipinski definition) is 5. The number of aryl methyl sites for hydroxylation is 2. The van der Waals surface area contributed by atoms with E-state index in [1.165, 1.54) is 12.1 Å². The van der Waals surface area contributed by atoms with Crippen LogP contribution < -0.4 is 14.2 Å². The molecule has 1 N–H and O–H groups in total. The van der Waals surface area contributed by atoms with Gasteiger partial charge in [-0.2, -0.15) is 5.10 Å². The summed E-state index contributed by atoms with van der Waals surface area (Å²) in [5.41, 5.74) is 2.71. The first-order valence-corrected chi connectivity index (χ1v) is 10.3. The van der Waals surface area contributed by atoms with E-state index >= 15 is 0 Å². The standard InChI is InChI=1S/C18H25N3O4S/c1-5-21-14(4)18(12(2)19-21)13(3)20-26(22,23)15-7-8-16-17(11-15)25-10-6-9-24-16/h7-8,11,13,20H,5-6,9-10H2,1-4H3. The Hall–Kier alpha value is -2.06. The second-order valence-corrected chi connectivity index (χ2v) is 8.12. The lowest BCUT2D eigenvalue weighted by Crippen LogP contribution is -2.27. The summed E-state index contributed by atoms with van der Waals surface area (Å²) in [6, 6.07) is 4.31. The van der Waals surface area contributed by atoms with Crippen molar-refractivity contribution in [2.24, 2.45) is 0 Å². The third-order valence-corrected chi connectivity index (χ3v) is 6.07. The molecule has 1 aromatic carbocycles. The monoisotopic (exact) mass is 379 g/mol. The SMILES string of the molecule is CCn1nc(C)c(C(C)NS(=O)(=O)c2ccc3c(c2)OCCCO3)c1C. The fourth-order valence-electron chi connectivity index (χ4n) is 3.32. The molecule has 26 heavy (non-hydrogen) atoms. The molecule has 3 rings (SSSR count). The lowest BCUT2D eigenvalue weighted by molar-refractivity contribution is 0.297. The highest BCUT2D eigenvalue weighted by Gasteiger charge is 2.24. The summed E-state index contributed by atoms with van der Waals surface area (Å²) in [6.45, 7) is 9.51. The van der Waals surface area contributed by atoms with E-state index in [2.05, 4.69) is 9.82 Å². The Bertz CT molecular complexity index is 905. The van der Waals surface area contributed by atoms with Crippen molar-refractivity contribution in [2.45, 2.75) is 51.6 Å². The number of fused-ring (bicyclic) bond motifs is 1. The van der Waals surface area contributed by atoms with Crippen LogP contribution in [0.3, 0.4) is 0 Å². The predicted octanol–water partition coefficient (Wildman–Crippen LogP) is 2.72. The summed E-state index contributed by atoms with van der Waals surface area (Å²) in [4.78, 5) is 0.159. The van der Waals surface area contributed by atoms with Gasteiger partial charge in [0.1, 0.15) is 0 Å². The van der Waals surface area contributed by atoms with Crippen molar-refractivity contribution in [2.75, 3.05) is 13.2 Å². The third-order valence-electron chi connectivity index (χ3n) is 4.53. The average Bonchev–Trinajstić information content (AvgIpc) is 2.75. The molecule has 1 atom stereocenters. The predicted molar refractivity (Wildman–Crippen MR) is 98.2 cm³/mol. The Morgan fingerprint density at radius 2 is 1.92 bits per heavy atom. The largest absolute Gasteiger partial charge is 0.490 e. The number of benzene rings is 1.